The van der Waals surface area contributed by atoms with Crippen molar-refractivity contribution in [2.75, 3.05) is 18.0 Å². The fourth-order valence-electron chi connectivity index (χ4n) is 4.68. The summed E-state index contributed by atoms with van der Waals surface area (Å²) in [5, 5.41) is 4.74. The Kier molecular flexibility index (Phi) is 3.74. The van der Waals surface area contributed by atoms with E-state index in [1.807, 2.05) is 0 Å². The van der Waals surface area contributed by atoms with Crippen LogP contribution in [-0.2, 0) is 6.54 Å². The van der Waals surface area contributed by atoms with Gasteiger partial charge in [-0.2, -0.15) is 4.98 Å². The average Bonchev–Trinajstić information content (AvgIpc) is 3.10. The van der Waals surface area contributed by atoms with Crippen LogP contribution in [0.4, 0.5) is 5.69 Å². The van der Waals surface area contributed by atoms with E-state index >= 15 is 0 Å². The lowest BCUT2D eigenvalue weighted by Gasteiger charge is -2.21. The van der Waals surface area contributed by atoms with Gasteiger partial charge in [0.05, 0.1) is 23.4 Å². The number of benzene rings is 1. The van der Waals surface area contributed by atoms with E-state index in [4.69, 9.17) is 4.52 Å². The molecule has 0 N–H and O–H groups in total. The number of fused-ring (bicyclic) bond motifs is 2. The second kappa shape index (κ2) is 6.48. The van der Waals surface area contributed by atoms with E-state index in [0.717, 1.165) is 18.9 Å². The van der Waals surface area contributed by atoms with Gasteiger partial charge in [-0.15, -0.1) is 0 Å². The third-order valence-corrected chi connectivity index (χ3v) is 6.28. The van der Waals surface area contributed by atoms with E-state index in [9.17, 15) is 4.79 Å². The largest absolute Gasteiger partial charge is 0.371 e. The number of rotatable bonds is 4. The van der Waals surface area contributed by atoms with Crippen molar-refractivity contribution in [3.8, 4) is 0 Å². The van der Waals surface area contributed by atoms with Crippen LogP contribution in [0, 0.1) is 18.8 Å². The Labute approximate surface area is 172 Å². The van der Waals surface area contributed by atoms with Crippen molar-refractivity contribution >= 4 is 16.6 Å². The zero-order valence-electron chi connectivity index (χ0n) is 16.5. The Morgan fingerprint density at radius 1 is 1.20 bits per heavy atom. The van der Waals surface area contributed by atoms with E-state index in [1.54, 1.807) is 18.5 Å². The minimum atomic E-state index is -0.140. The summed E-state index contributed by atoms with van der Waals surface area (Å²) in [6.07, 6.45) is 4.67. The molecule has 0 amide bonds. The minimum Gasteiger partial charge on any atom is -0.371 e. The number of hydrogen-bond donors (Lipinski definition) is 0. The van der Waals surface area contributed by atoms with Crippen LogP contribution in [0.2, 0.25) is 0 Å². The number of aromatic nitrogens is 5. The van der Waals surface area contributed by atoms with Gasteiger partial charge in [0.1, 0.15) is 6.54 Å². The van der Waals surface area contributed by atoms with Gasteiger partial charge >= 0.3 is 0 Å². The topological polar surface area (TPSA) is 89.9 Å². The molecule has 4 heterocycles. The van der Waals surface area contributed by atoms with Crippen molar-refractivity contribution in [3.63, 3.8) is 0 Å². The lowest BCUT2D eigenvalue weighted by Crippen LogP contribution is -2.23. The van der Waals surface area contributed by atoms with E-state index in [-0.39, 0.29) is 12.1 Å². The number of aryl methyl sites for hydroxylation is 1. The molecule has 0 radical (unpaired) electrons. The van der Waals surface area contributed by atoms with Gasteiger partial charge in [0.25, 0.3) is 5.56 Å². The Hall–Kier alpha value is -3.55. The molecule has 8 nitrogen and oxygen atoms in total. The number of anilines is 1. The molecule has 4 aromatic rings. The Morgan fingerprint density at radius 2 is 2.07 bits per heavy atom. The highest BCUT2D eigenvalue weighted by atomic mass is 16.5. The molecule has 3 atom stereocenters. The van der Waals surface area contributed by atoms with Gasteiger partial charge in [0.15, 0.2) is 5.82 Å². The van der Waals surface area contributed by atoms with Gasteiger partial charge in [-0.1, -0.05) is 17.3 Å². The van der Waals surface area contributed by atoms with Crippen molar-refractivity contribution < 1.29 is 4.52 Å². The molecule has 8 heteroatoms. The summed E-state index contributed by atoms with van der Waals surface area (Å²) in [5.41, 5.74) is 3.00. The highest BCUT2D eigenvalue weighted by molar-refractivity contribution is 5.75. The van der Waals surface area contributed by atoms with Gasteiger partial charge in [0.2, 0.25) is 5.89 Å². The van der Waals surface area contributed by atoms with Crippen LogP contribution in [0.15, 0.2) is 58.4 Å². The first-order chi connectivity index (χ1) is 14.7. The summed E-state index contributed by atoms with van der Waals surface area (Å²) >= 11 is 0. The van der Waals surface area contributed by atoms with Gasteiger partial charge < -0.3 is 9.42 Å². The van der Waals surface area contributed by atoms with Crippen molar-refractivity contribution in [2.45, 2.75) is 19.4 Å². The van der Waals surface area contributed by atoms with Crippen LogP contribution in [0.25, 0.3) is 10.9 Å². The van der Waals surface area contributed by atoms with Crippen molar-refractivity contribution in [1.82, 2.24) is 24.7 Å². The van der Waals surface area contributed by atoms with Crippen LogP contribution in [0.5, 0.6) is 0 Å². The highest BCUT2D eigenvalue weighted by Gasteiger charge is 2.58. The molecule has 6 rings (SSSR count). The number of nitrogens with zero attached hydrogens (tertiary/aromatic N) is 6. The Morgan fingerprint density at radius 3 is 2.90 bits per heavy atom. The summed E-state index contributed by atoms with van der Waals surface area (Å²) in [4.78, 5) is 28.0. The average molecular weight is 400 g/mol. The van der Waals surface area contributed by atoms with Crippen molar-refractivity contribution in [1.29, 1.82) is 0 Å². The summed E-state index contributed by atoms with van der Waals surface area (Å²) in [5.74, 6) is 2.67. The van der Waals surface area contributed by atoms with Crippen LogP contribution in [0.1, 0.15) is 23.2 Å². The van der Waals surface area contributed by atoms with E-state index in [2.05, 4.69) is 56.2 Å². The summed E-state index contributed by atoms with van der Waals surface area (Å²) in [7, 11) is 0. The first-order valence-electron chi connectivity index (χ1n) is 10.1. The molecular weight excluding hydrogens is 380 g/mol. The maximum absolute atomic E-state index is 12.6. The molecule has 1 saturated heterocycles. The molecule has 2 fully saturated rings. The normalized spacial score (nSPS) is 22.4. The first-order valence-corrected chi connectivity index (χ1v) is 10.1. The zero-order valence-corrected chi connectivity index (χ0v) is 16.5. The van der Waals surface area contributed by atoms with Gasteiger partial charge in [-0.25, -0.2) is 4.98 Å². The molecule has 1 unspecified atom stereocenters. The van der Waals surface area contributed by atoms with Crippen LogP contribution in [-0.4, -0.2) is 37.8 Å². The molecular formula is C22H20N6O2. The number of hydrogen-bond acceptors (Lipinski definition) is 7. The van der Waals surface area contributed by atoms with Crippen LogP contribution >= 0.6 is 0 Å². The fourth-order valence-corrected chi connectivity index (χ4v) is 4.68. The summed E-state index contributed by atoms with van der Waals surface area (Å²) in [6, 6.07) is 10.3. The maximum atomic E-state index is 12.6. The van der Waals surface area contributed by atoms with Crippen LogP contribution < -0.4 is 10.5 Å². The standard InChI is InChI=1S/C22H20N6O2/c1-13-3-2-4-14(7-13)27-9-16-17(10-27)20(16)21-25-19(30-26-21)11-28-12-24-18-8-23-6-5-15(18)22(28)29/h2-8,12,16-17,20H,9-11H2,1H3/t16-,17+,20?. The lowest BCUT2D eigenvalue weighted by molar-refractivity contribution is 0.363. The third kappa shape index (κ3) is 2.79. The van der Waals surface area contributed by atoms with E-state index < -0.39 is 0 Å². The maximum Gasteiger partial charge on any atom is 0.261 e. The summed E-state index contributed by atoms with van der Waals surface area (Å²) in [6.45, 7) is 4.38. The molecule has 30 heavy (non-hydrogen) atoms. The molecule has 1 aromatic carbocycles. The Balaban J connectivity index is 1.16. The molecule has 1 aliphatic heterocycles. The molecule has 0 spiro atoms. The van der Waals surface area contributed by atoms with E-state index in [0.29, 0.717) is 34.5 Å². The second-order valence-corrected chi connectivity index (χ2v) is 8.21. The van der Waals surface area contributed by atoms with Gasteiger partial charge in [0, 0.05) is 30.9 Å². The molecule has 1 aliphatic carbocycles. The molecule has 2 aliphatic rings. The zero-order chi connectivity index (χ0) is 20.2. The molecule has 3 aromatic heterocycles. The van der Waals surface area contributed by atoms with Crippen molar-refractivity contribution in [3.05, 3.63) is 76.7 Å². The highest BCUT2D eigenvalue weighted by Crippen LogP contribution is 2.57. The van der Waals surface area contributed by atoms with E-state index in [1.165, 1.54) is 22.1 Å². The van der Waals surface area contributed by atoms with Gasteiger partial charge in [-0.3, -0.25) is 14.3 Å². The number of pyridine rings is 1. The van der Waals surface area contributed by atoms with Crippen molar-refractivity contribution in [2.24, 2.45) is 11.8 Å². The quantitative estimate of drug-likeness (QED) is 0.519. The van der Waals surface area contributed by atoms with Crippen LogP contribution in [0.3, 0.4) is 0 Å². The predicted molar refractivity (Wildman–Crippen MR) is 110 cm³/mol. The monoisotopic (exact) mass is 400 g/mol. The number of piperidine rings is 1. The molecule has 0 bridgehead atoms. The Bertz CT molecular complexity index is 1300. The molecule has 1 saturated carbocycles. The molecule has 150 valence electrons. The summed E-state index contributed by atoms with van der Waals surface area (Å²) < 4.78 is 6.95. The fraction of sp³-hybridized carbons (Fsp3) is 0.318. The predicted octanol–water partition coefficient (Wildman–Crippen LogP) is 2.38. The smallest absolute Gasteiger partial charge is 0.261 e. The second-order valence-electron chi connectivity index (χ2n) is 8.21. The lowest BCUT2D eigenvalue weighted by atomic mass is 10.2. The minimum absolute atomic E-state index is 0.140. The third-order valence-electron chi connectivity index (χ3n) is 6.28. The SMILES string of the molecule is Cc1cccc(N2C[C@@H]3C(c4noc(Cn5cnc6cnccc6c5=O)n4)[C@@H]3C2)c1. The first kappa shape index (κ1) is 17.3. The van der Waals surface area contributed by atoms with Gasteiger partial charge in [-0.05, 0) is 42.5 Å².